The standard InChI is InChI=1S/C24H27FN2O5/c1-15(28)17-4-7-20(22(12-17)29-2)31-23(30-3)14-27-10-8-16(9-11-27)24-19-6-5-18(25)13-21(19)32-26-24/h4-7,12-13,16,23H,8-11,14H2,1-3H3. The Balaban J connectivity index is 1.37. The average Bonchev–Trinajstić information content (AvgIpc) is 3.22. The van der Waals surface area contributed by atoms with E-state index >= 15 is 0 Å². The zero-order chi connectivity index (χ0) is 22.7. The Bertz CT molecular complexity index is 1090. The average molecular weight is 442 g/mol. The highest BCUT2D eigenvalue weighted by atomic mass is 19.1. The van der Waals surface area contributed by atoms with Crippen LogP contribution in [0, 0.1) is 5.82 Å². The molecule has 1 aromatic heterocycles. The van der Waals surface area contributed by atoms with Gasteiger partial charge in [0.2, 0.25) is 6.29 Å². The predicted molar refractivity (Wildman–Crippen MR) is 117 cm³/mol. The largest absolute Gasteiger partial charge is 0.493 e. The van der Waals surface area contributed by atoms with Gasteiger partial charge in [0.25, 0.3) is 0 Å². The smallest absolute Gasteiger partial charge is 0.212 e. The lowest BCUT2D eigenvalue weighted by atomic mass is 9.91. The van der Waals surface area contributed by atoms with E-state index in [1.165, 1.54) is 19.1 Å². The molecule has 2 aromatic carbocycles. The fourth-order valence-corrected chi connectivity index (χ4v) is 4.11. The van der Waals surface area contributed by atoms with Crippen molar-refractivity contribution in [2.75, 3.05) is 33.9 Å². The van der Waals surface area contributed by atoms with Crippen LogP contribution in [0.4, 0.5) is 4.39 Å². The molecule has 1 aliphatic rings. The van der Waals surface area contributed by atoms with Crippen LogP contribution < -0.4 is 9.47 Å². The Kier molecular flexibility index (Phi) is 6.72. The molecule has 1 fully saturated rings. The normalized spacial score (nSPS) is 16.2. The Hall–Kier alpha value is -2.97. The van der Waals surface area contributed by atoms with Crippen LogP contribution >= 0.6 is 0 Å². The minimum absolute atomic E-state index is 0.0361. The van der Waals surface area contributed by atoms with E-state index in [0.717, 1.165) is 37.0 Å². The lowest BCUT2D eigenvalue weighted by molar-refractivity contribution is -0.0755. The fourth-order valence-electron chi connectivity index (χ4n) is 4.11. The van der Waals surface area contributed by atoms with Crippen molar-refractivity contribution in [2.24, 2.45) is 0 Å². The third-order valence-electron chi connectivity index (χ3n) is 5.93. The summed E-state index contributed by atoms with van der Waals surface area (Å²) in [5.41, 5.74) is 1.95. The number of ketones is 1. The molecular weight excluding hydrogens is 415 g/mol. The van der Waals surface area contributed by atoms with Crippen LogP contribution in [0.1, 0.15) is 41.7 Å². The summed E-state index contributed by atoms with van der Waals surface area (Å²) in [4.78, 5) is 13.9. The first kappa shape index (κ1) is 22.2. The molecule has 1 atom stereocenters. The number of hydrogen-bond acceptors (Lipinski definition) is 7. The van der Waals surface area contributed by atoms with Crippen molar-refractivity contribution >= 4 is 16.8 Å². The van der Waals surface area contributed by atoms with Gasteiger partial charge >= 0.3 is 0 Å². The molecule has 0 bridgehead atoms. The predicted octanol–water partition coefficient (Wildman–Crippen LogP) is 4.41. The number of ether oxygens (including phenoxy) is 3. The third kappa shape index (κ3) is 4.76. The molecule has 170 valence electrons. The number of halogens is 1. The van der Waals surface area contributed by atoms with Gasteiger partial charge in [-0.3, -0.25) is 9.69 Å². The van der Waals surface area contributed by atoms with Gasteiger partial charge in [0.05, 0.1) is 19.3 Å². The van der Waals surface area contributed by atoms with Crippen LogP contribution in [-0.4, -0.2) is 56.0 Å². The molecule has 0 amide bonds. The zero-order valence-electron chi connectivity index (χ0n) is 18.5. The van der Waals surface area contributed by atoms with Crippen LogP contribution in [0.3, 0.4) is 0 Å². The van der Waals surface area contributed by atoms with Crippen molar-refractivity contribution in [3.05, 3.63) is 53.5 Å². The number of benzene rings is 2. The molecule has 0 aliphatic carbocycles. The maximum absolute atomic E-state index is 13.4. The zero-order valence-corrected chi connectivity index (χ0v) is 18.5. The number of Topliss-reactive ketones (excluding diaryl/α,β-unsaturated/α-hetero) is 1. The molecule has 1 unspecified atom stereocenters. The van der Waals surface area contributed by atoms with Crippen LogP contribution in [0.2, 0.25) is 0 Å². The number of carbonyl (C=O) groups is 1. The molecule has 1 saturated heterocycles. The first-order chi connectivity index (χ1) is 15.5. The molecular formula is C24H27FN2O5. The number of carbonyl (C=O) groups excluding carboxylic acids is 1. The van der Waals surface area contributed by atoms with Crippen molar-refractivity contribution in [2.45, 2.75) is 32.0 Å². The van der Waals surface area contributed by atoms with E-state index < -0.39 is 6.29 Å². The van der Waals surface area contributed by atoms with Gasteiger partial charge in [-0.05, 0) is 63.2 Å². The van der Waals surface area contributed by atoms with E-state index in [1.54, 1.807) is 38.5 Å². The molecule has 32 heavy (non-hydrogen) atoms. The lowest BCUT2D eigenvalue weighted by Crippen LogP contribution is -2.41. The number of fused-ring (bicyclic) bond motifs is 1. The third-order valence-corrected chi connectivity index (χ3v) is 5.93. The Labute approximate surface area is 186 Å². The van der Waals surface area contributed by atoms with E-state index in [9.17, 15) is 9.18 Å². The number of likely N-dealkylation sites (tertiary alicyclic amines) is 1. The molecule has 2 heterocycles. The fraction of sp³-hybridized carbons (Fsp3) is 0.417. The number of aromatic nitrogens is 1. The van der Waals surface area contributed by atoms with E-state index in [4.69, 9.17) is 18.7 Å². The van der Waals surface area contributed by atoms with Crippen molar-refractivity contribution < 1.29 is 27.9 Å². The molecule has 0 radical (unpaired) electrons. The van der Waals surface area contributed by atoms with Gasteiger partial charge in [0.1, 0.15) is 5.82 Å². The molecule has 4 rings (SSSR count). The second kappa shape index (κ2) is 9.67. The molecule has 3 aromatic rings. The number of piperidine rings is 1. The highest BCUT2D eigenvalue weighted by molar-refractivity contribution is 5.94. The maximum Gasteiger partial charge on any atom is 0.212 e. The molecule has 0 N–H and O–H groups in total. The second-order valence-corrected chi connectivity index (χ2v) is 7.99. The quantitative estimate of drug-likeness (QED) is 0.378. The summed E-state index contributed by atoms with van der Waals surface area (Å²) in [6.45, 7) is 3.80. The van der Waals surface area contributed by atoms with Crippen molar-refractivity contribution in [3.8, 4) is 11.5 Å². The molecule has 1 aliphatic heterocycles. The summed E-state index contributed by atoms with van der Waals surface area (Å²) in [5.74, 6) is 0.923. The SMILES string of the molecule is COc1cc(C(C)=O)ccc1OC(CN1CCC(c2noc3cc(F)ccc23)CC1)OC. The second-order valence-electron chi connectivity index (χ2n) is 7.99. The first-order valence-corrected chi connectivity index (χ1v) is 10.6. The number of rotatable bonds is 8. The Morgan fingerprint density at radius 3 is 2.66 bits per heavy atom. The van der Waals surface area contributed by atoms with Gasteiger partial charge in [-0.1, -0.05) is 5.16 Å². The lowest BCUT2D eigenvalue weighted by Gasteiger charge is -2.33. The summed E-state index contributed by atoms with van der Waals surface area (Å²) in [6.07, 6.45) is 1.33. The summed E-state index contributed by atoms with van der Waals surface area (Å²) >= 11 is 0. The summed E-state index contributed by atoms with van der Waals surface area (Å²) in [6, 6.07) is 9.67. The van der Waals surface area contributed by atoms with E-state index in [1.807, 2.05) is 0 Å². The highest BCUT2D eigenvalue weighted by Gasteiger charge is 2.27. The van der Waals surface area contributed by atoms with Gasteiger partial charge in [-0.15, -0.1) is 0 Å². The van der Waals surface area contributed by atoms with Gasteiger partial charge in [0.15, 0.2) is 22.9 Å². The van der Waals surface area contributed by atoms with Gasteiger partial charge < -0.3 is 18.7 Å². The summed E-state index contributed by atoms with van der Waals surface area (Å²) in [7, 11) is 3.15. The minimum atomic E-state index is -0.487. The van der Waals surface area contributed by atoms with Crippen molar-refractivity contribution in [3.63, 3.8) is 0 Å². The van der Waals surface area contributed by atoms with Gasteiger partial charge in [0, 0.05) is 30.0 Å². The molecule has 7 nitrogen and oxygen atoms in total. The minimum Gasteiger partial charge on any atom is -0.493 e. The van der Waals surface area contributed by atoms with Crippen molar-refractivity contribution in [1.29, 1.82) is 0 Å². The van der Waals surface area contributed by atoms with E-state index in [2.05, 4.69) is 10.1 Å². The molecule has 8 heteroatoms. The number of hydrogen-bond donors (Lipinski definition) is 0. The van der Waals surface area contributed by atoms with Gasteiger partial charge in [-0.2, -0.15) is 0 Å². The maximum atomic E-state index is 13.4. The topological polar surface area (TPSA) is 74.0 Å². The highest BCUT2D eigenvalue weighted by Crippen LogP contribution is 2.33. The van der Waals surface area contributed by atoms with Crippen molar-refractivity contribution in [1.82, 2.24) is 10.1 Å². The van der Waals surface area contributed by atoms with E-state index in [0.29, 0.717) is 29.2 Å². The number of methoxy groups -OCH3 is 2. The molecule has 0 saturated carbocycles. The van der Waals surface area contributed by atoms with Crippen LogP contribution in [0.5, 0.6) is 11.5 Å². The van der Waals surface area contributed by atoms with Crippen LogP contribution in [-0.2, 0) is 4.74 Å². The Morgan fingerprint density at radius 2 is 1.97 bits per heavy atom. The van der Waals surface area contributed by atoms with E-state index in [-0.39, 0.29) is 17.5 Å². The first-order valence-electron chi connectivity index (χ1n) is 10.6. The summed E-state index contributed by atoms with van der Waals surface area (Å²) in [5, 5.41) is 5.09. The number of nitrogens with zero attached hydrogens (tertiary/aromatic N) is 2. The molecule has 0 spiro atoms. The van der Waals surface area contributed by atoms with Gasteiger partial charge in [-0.25, -0.2) is 4.39 Å². The summed E-state index contributed by atoms with van der Waals surface area (Å²) < 4.78 is 35.7. The Morgan fingerprint density at radius 1 is 1.19 bits per heavy atom. The monoisotopic (exact) mass is 442 g/mol. The van der Waals surface area contributed by atoms with Crippen LogP contribution in [0.15, 0.2) is 40.9 Å². The van der Waals surface area contributed by atoms with Crippen LogP contribution in [0.25, 0.3) is 11.0 Å².